The number of β-lactam (4-membered cyclic amide) rings is 1. The summed E-state index contributed by atoms with van der Waals surface area (Å²) in [6.45, 7) is 0. The van der Waals surface area contributed by atoms with E-state index in [1.807, 2.05) is 35.6 Å². The fourth-order valence-corrected chi connectivity index (χ4v) is 4.65. The molecule has 6 nitrogen and oxygen atoms in total. The molecule has 0 spiro atoms. The molecule has 170 valence electrons. The Morgan fingerprint density at radius 3 is 2.35 bits per heavy atom. The molecule has 2 N–H and O–H groups in total. The summed E-state index contributed by atoms with van der Waals surface area (Å²) in [5.41, 5.74) is 1.04. The predicted molar refractivity (Wildman–Crippen MR) is 106 cm³/mol. The molecule has 31 heavy (non-hydrogen) atoms. The van der Waals surface area contributed by atoms with Crippen molar-refractivity contribution in [1.29, 1.82) is 0 Å². The number of carbonyl (C=O) groups excluding carboxylic acids is 2. The van der Waals surface area contributed by atoms with Crippen LogP contribution < -0.4 is 5.32 Å². The van der Waals surface area contributed by atoms with E-state index >= 15 is 0 Å². The molecule has 1 aliphatic heterocycles. The molecule has 2 fully saturated rings. The number of rotatable bonds is 7. The van der Waals surface area contributed by atoms with Gasteiger partial charge in [0, 0.05) is 0 Å². The molecular formula is C22H27F3N2O4. The van der Waals surface area contributed by atoms with E-state index in [-0.39, 0.29) is 6.42 Å². The number of carboxylic acid groups (broad SMARTS) is 1. The number of carboxylic acids is 1. The molecule has 1 saturated heterocycles. The Hall–Kier alpha value is -2.58. The lowest BCUT2D eigenvalue weighted by molar-refractivity contribution is -0.173. The summed E-state index contributed by atoms with van der Waals surface area (Å²) < 4.78 is 40.7. The topological polar surface area (TPSA) is 86.7 Å². The minimum Gasteiger partial charge on any atom is -0.480 e. The van der Waals surface area contributed by atoms with Crippen LogP contribution in [0.15, 0.2) is 30.3 Å². The van der Waals surface area contributed by atoms with Crippen LogP contribution in [0.5, 0.6) is 0 Å². The van der Waals surface area contributed by atoms with Gasteiger partial charge >= 0.3 is 18.2 Å². The first-order valence-electron chi connectivity index (χ1n) is 10.7. The molecule has 3 rings (SSSR count). The van der Waals surface area contributed by atoms with Gasteiger partial charge in [-0.3, -0.25) is 4.79 Å². The lowest BCUT2D eigenvalue weighted by atomic mass is 9.82. The molecule has 3 amide bonds. The van der Waals surface area contributed by atoms with Gasteiger partial charge in [-0.15, -0.1) is 0 Å². The summed E-state index contributed by atoms with van der Waals surface area (Å²) in [5, 5.41) is 11.4. The van der Waals surface area contributed by atoms with E-state index in [9.17, 15) is 32.7 Å². The molecule has 3 atom stereocenters. The van der Waals surface area contributed by atoms with Crippen molar-refractivity contribution in [2.24, 2.45) is 11.8 Å². The molecule has 1 heterocycles. The lowest BCUT2D eigenvalue weighted by Gasteiger charge is -2.44. The number of imide groups is 1. The fourth-order valence-electron chi connectivity index (χ4n) is 4.65. The first-order chi connectivity index (χ1) is 14.7. The molecule has 1 aromatic rings. The quantitative estimate of drug-likeness (QED) is 0.624. The van der Waals surface area contributed by atoms with Crippen LogP contribution >= 0.6 is 0 Å². The first-order valence-corrected chi connectivity index (χ1v) is 10.7. The predicted octanol–water partition coefficient (Wildman–Crippen LogP) is 4.14. The van der Waals surface area contributed by atoms with E-state index in [4.69, 9.17) is 0 Å². The van der Waals surface area contributed by atoms with Crippen molar-refractivity contribution in [2.45, 2.75) is 69.6 Å². The third kappa shape index (κ3) is 5.37. The van der Waals surface area contributed by atoms with Crippen LogP contribution in [0.25, 0.3) is 0 Å². The highest BCUT2D eigenvalue weighted by Crippen LogP contribution is 2.36. The van der Waals surface area contributed by atoms with Crippen LogP contribution in [-0.2, 0) is 16.0 Å². The van der Waals surface area contributed by atoms with Gasteiger partial charge in [0.25, 0.3) is 0 Å². The molecule has 2 unspecified atom stereocenters. The van der Waals surface area contributed by atoms with Gasteiger partial charge in [-0.1, -0.05) is 49.6 Å². The summed E-state index contributed by atoms with van der Waals surface area (Å²) in [5.74, 6) is -3.80. The Morgan fingerprint density at radius 2 is 1.77 bits per heavy atom. The smallest absolute Gasteiger partial charge is 0.408 e. The lowest BCUT2D eigenvalue weighted by Crippen LogP contribution is -2.69. The van der Waals surface area contributed by atoms with E-state index in [1.165, 1.54) is 0 Å². The third-order valence-corrected chi connectivity index (χ3v) is 6.26. The number of aliphatic carboxylic acids is 1. The molecule has 1 saturated carbocycles. The first kappa shape index (κ1) is 23.1. The zero-order valence-electron chi connectivity index (χ0n) is 17.1. The minimum absolute atomic E-state index is 0.250. The summed E-state index contributed by atoms with van der Waals surface area (Å²) in [4.78, 5) is 37.1. The van der Waals surface area contributed by atoms with Gasteiger partial charge in [-0.25, -0.2) is 14.5 Å². The Bertz CT molecular complexity index is 794. The van der Waals surface area contributed by atoms with Crippen LogP contribution in [0.3, 0.4) is 0 Å². The average molecular weight is 440 g/mol. The standard InChI is InChI=1S/C22H27F3N2O4/c23-22(24,25)18(15-11-5-2-6-12-15)26-21(31)27-17(20(29)30)16(19(27)28)13-7-10-14-8-3-1-4-9-14/h1,3-4,8-9,15-18H,2,5-7,10-13H2,(H,26,31)(H,29,30)/t16-,17?,18?/m1/s1. The van der Waals surface area contributed by atoms with Gasteiger partial charge in [-0.2, -0.15) is 13.2 Å². The van der Waals surface area contributed by atoms with E-state index in [0.717, 1.165) is 12.0 Å². The maximum atomic E-state index is 13.6. The van der Waals surface area contributed by atoms with Crippen LogP contribution in [0.4, 0.5) is 18.0 Å². The van der Waals surface area contributed by atoms with Gasteiger partial charge in [0.2, 0.25) is 5.91 Å². The number of alkyl halides is 3. The zero-order valence-corrected chi connectivity index (χ0v) is 17.1. The molecule has 1 aliphatic carbocycles. The van der Waals surface area contributed by atoms with Crippen molar-refractivity contribution in [3.8, 4) is 0 Å². The summed E-state index contributed by atoms with van der Waals surface area (Å²) in [6, 6.07) is 4.66. The average Bonchev–Trinajstić information content (AvgIpc) is 2.73. The van der Waals surface area contributed by atoms with Crippen molar-refractivity contribution in [1.82, 2.24) is 10.2 Å². The summed E-state index contributed by atoms with van der Waals surface area (Å²) >= 11 is 0. The Kier molecular flexibility index (Phi) is 7.23. The van der Waals surface area contributed by atoms with Gasteiger partial charge in [-0.05, 0) is 43.6 Å². The van der Waals surface area contributed by atoms with Crippen molar-refractivity contribution >= 4 is 17.9 Å². The van der Waals surface area contributed by atoms with Gasteiger partial charge < -0.3 is 10.4 Å². The van der Waals surface area contributed by atoms with Crippen LogP contribution in [-0.4, -0.2) is 46.2 Å². The number of benzene rings is 1. The maximum absolute atomic E-state index is 13.6. The normalized spacial score (nSPS) is 23.2. The molecule has 1 aromatic carbocycles. The second-order valence-corrected chi connectivity index (χ2v) is 8.34. The highest BCUT2D eigenvalue weighted by atomic mass is 19.4. The SMILES string of the molecule is O=C(O)C1[C@@H](CCCc2ccccc2)C(=O)N1C(=O)NC(C1CCCCC1)C(F)(F)F. The number of nitrogens with zero attached hydrogens (tertiary/aromatic N) is 1. The number of urea groups is 1. The van der Waals surface area contributed by atoms with Crippen molar-refractivity contribution in [3.63, 3.8) is 0 Å². The number of halogens is 3. The highest BCUT2D eigenvalue weighted by molar-refractivity contribution is 6.07. The number of hydrogen-bond acceptors (Lipinski definition) is 3. The van der Waals surface area contributed by atoms with Crippen LogP contribution in [0.2, 0.25) is 0 Å². The number of likely N-dealkylation sites (tertiary alicyclic amines) is 1. The number of carbonyl (C=O) groups is 3. The zero-order chi connectivity index (χ0) is 22.6. The maximum Gasteiger partial charge on any atom is 0.408 e. The van der Waals surface area contributed by atoms with Crippen molar-refractivity contribution < 1.29 is 32.7 Å². The number of nitrogens with one attached hydrogen (secondary N) is 1. The van der Waals surface area contributed by atoms with Crippen LogP contribution in [0.1, 0.15) is 50.5 Å². The monoisotopic (exact) mass is 440 g/mol. The van der Waals surface area contributed by atoms with E-state index < -0.39 is 48.0 Å². The molecule has 0 aromatic heterocycles. The van der Waals surface area contributed by atoms with E-state index in [1.54, 1.807) is 0 Å². The third-order valence-electron chi connectivity index (χ3n) is 6.26. The van der Waals surface area contributed by atoms with Gasteiger partial charge in [0.15, 0.2) is 6.04 Å². The second kappa shape index (κ2) is 9.70. The Morgan fingerprint density at radius 1 is 1.13 bits per heavy atom. The Labute approximate surface area is 178 Å². The summed E-state index contributed by atoms with van der Waals surface area (Å²) in [6.07, 6.45) is -0.418. The fraction of sp³-hybridized carbons (Fsp3) is 0.591. The Balaban J connectivity index is 1.63. The molecular weight excluding hydrogens is 413 g/mol. The second-order valence-electron chi connectivity index (χ2n) is 8.34. The largest absolute Gasteiger partial charge is 0.480 e. The minimum atomic E-state index is -4.67. The summed E-state index contributed by atoms with van der Waals surface area (Å²) in [7, 11) is 0. The molecule has 2 aliphatic rings. The van der Waals surface area contributed by atoms with E-state index in [2.05, 4.69) is 0 Å². The number of amides is 3. The van der Waals surface area contributed by atoms with Gasteiger partial charge in [0.05, 0.1) is 5.92 Å². The highest BCUT2D eigenvalue weighted by Gasteiger charge is 2.56. The number of hydrogen-bond donors (Lipinski definition) is 2. The van der Waals surface area contributed by atoms with Crippen LogP contribution in [0, 0.1) is 11.8 Å². The van der Waals surface area contributed by atoms with E-state index in [0.29, 0.717) is 43.4 Å². The number of aryl methyl sites for hydroxylation is 1. The molecule has 0 radical (unpaired) electrons. The molecule has 0 bridgehead atoms. The van der Waals surface area contributed by atoms with Crippen molar-refractivity contribution in [3.05, 3.63) is 35.9 Å². The van der Waals surface area contributed by atoms with Gasteiger partial charge in [0.1, 0.15) is 6.04 Å². The van der Waals surface area contributed by atoms with Crippen molar-refractivity contribution in [2.75, 3.05) is 0 Å². The molecule has 9 heteroatoms.